The van der Waals surface area contributed by atoms with Crippen LogP contribution in [0.3, 0.4) is 0 Å². The van der Waals surface area contributed by atoms with Crippen LogP contribution in [-0.4, -0.2) is 38.5 Å². The van der Waals surface area contributed by atoms with E-state index in [-0.39, 0.29) is 12.4 Å². The normalized spacial score (nSPS) is 22.1. The van der Waals surface area contributed by atoms with E-state index in [2.05, 4.69) is 5.32 Å². The summed E-state index contributed by atoms with van der Waals surface area (Å²) < 4.78 is 25.5. The van der Waals surface area contributed by atoms with Gasteiger partial charge in [0.05, 0.1) is 20.3 Å². The number of benzene rings is 2. The number of aliphatic hydroxyl groups is 1. The summed E-state index contributed by atoms with van der Waals surface area (Å²) in [6.07, 6.45) is 0. The zero-order valence-corrected chi connectivity index (χ0v) is 13.7. The SMILES string of the molecule is COc1ccccc1C1(C(CO)c2cccc(F)c2)CNCCO1. The molecule has 0 amide bonds. The molecular weight excluding hydrogens is 309 g/mol. The zero-order chi connectivity index (χ0) is 17.0. The van der Waals surface area contributed by atoms with E-state index in [0.29, 0.717) is 24.5 Å². The summed E-state index contributed by atoms with van der Waals surface area (Å²) in [5.41, 5.74) is 0.725. The molecule has 0 aromatic heterocycles. The first kappa shape index (κ1) is 16.9. The van der Waals surface area contributed by atoms with Crippen LogP contribution in [0.25, 0.3) is 0 Å². The van der Waals surface area contributed by atoms with Gasteiger partial charge in [0, 0.05) is 24.6 Å². The molecule has 2 aromatic carbocycles. The first-order valence-electron chi connectivity index (χ1n) is 8.06. The minimum Gasteiger partial charge on any atom is -0.496 e. The predicted octanol–water partition coefficient (Wildman–Crippen LogP) is 2.43. The molecule has 1 fully saturated rings. The van der Waals surface area contributed by atoms with Crippen LogP contribution in [0, 0.1) is 5.82 Å². The number of morpholine rings is 1. The minimum absolute atomic E-state index is 0.164. The Morgan fingerprint density at radius 2 is 2.12 bits per heavy atom. The highest BCUT2D eigenvalue weighted by molar-refractivity contribution is 5.42. The summed E-state index contributed by atoms with van der Waals surface area (Å²) in [5, 5.41) is 13.5. The zero-order valence-electron chi connectivity index (χ0n) is 13.7. The number of aliphatic hydroxyl groups excluding tert-OH is 1. The third-order valence-corrected chi connectivity index (χ3v) is 4.59. The third-order valence-electron chi connectivity index (χ3n) is 4.59. The van der Waals surface area contributed by atoms with Crippen LogP contribution in [-0.2, 0) is 10.3 Å². The first-order valence-corrected chi connectivity index (χ1v) is 8.06. The van der Waals surface area contributed by atoms with Crippen molar-refractivity contribution >= 4 is 0 Å². The van der Waals surface area contributed by atoms with Crippen molar-refractivity contribution in [3.63, 3.8) is 0 Å². The highest BCUT2D eigenvalue weighted by Gasteiger charge is 2.45. The van der Waals surface area contributed by atoms with Gasteiger partial charge in [0.15, 0.2) is 0 Å². The summed E-state index contributed by atoms with van der Waals surface area (Å²) in [4.78, 5) is 0. The van der Waals surface area contributed by atoms with Crippen molar-refractivity contribution in [2.45, 2.75) is 11.5 Å². The average Bonchev–Trinajstić information content (AvgIpc) is 2.63. The molecule has 1 saturated heterocycles. The number of para-hydroxylation sites is 1. The van der Waals surface area contributed by atoms with Crippen molar-refractivity contribution in [3.8, 4) is 5.75 Å². The highest BCUT2D eigenvalue weighted by atomic mass is 19.1. The Morgan fingerprint density at radius 3 is 2.79 bits per heavy atom. The molecule has 128 valence electrons. The summed E-state index contributed by atoms with van der Waals surface area (Å²) in [5.74, 6) is -0.0572. The Morgan fingerprint density at radius 1 is 1.29 bits per heavy atom. The van der Waals surface area contributed by atoms with Crippen LogP contribution < -0.4 is 10.1 Å². The molecule has 4 nitrogen and oxygen atoms in total. The number of hydrogen-bond donors (Lipinski definition) is 2. The van der Waals surface area contributed by atoms with E-state index in [4.69, 9.17) is 9.47 Å². The minimum atomic E-state index is -0.826. The Labute approximate surface area is 141 Å². The summed E-state index contributed by atoms with van der Waals surface area (Å²) in [6.45, 7) is 1.58. The van der Waals surface area contributed by atoms with Gasteiger partial charge in [-0.25, -0.2) is 4.39 Å². The van der Waals surface area contributed by atoms with Crippen LogP contribution in [0.5, 0.6) is 5.75 Å². The van der Waals surface area contributed by atoms with E-state index >= 15 is 0 Å². The van der Waals surface area contributed by atoms with E-state index in [1.807, 2.05) is 30.3 Å². The van der Waals surface area contributed by atoms with Crippen LogP contribution in [0.15, 0.2) is 48.5 Å². The second-order valence-electron chi connectivity index (χ2n) is 5.91. The van der Waals surface area contributed by atoms with Gasteiger partial charge in [0.2, 0.25) is 0 Å². The molecule has 24 heavy (non-hydrogen) atoms. The number of methoxy groups -OCH3 is 1. The quantitative estimate of drug-likeness (QED) is 0.883. The fourth-order valence-corrected chi connectivity index (χ4v) is 3.45. The number of halogens is 1. The summed E-state index contributed by atoms with van der Waals surface area (Å²) in [7, 11) is 1.61. The summed E-state index contributed by atoms with van der Waals surface area (Å²) >= 11 is 0. The van der Waals surface area contributed by atoms with Gasteiger partial charge in [0.1, 0.15) is 17.2 Å². The van der Waals surface area contributed by atoms with Crippen molar-refractivity contribution in [3.05, 3.63) is 65.5 Å². The maximum atomic E-state index is 13.7. The van der Waals surface area contributed by atoms with E-state index in [9.17, 15) is 9.50 Å². The molecule has 2 aromatic rings. The maximum absolute atomic E-state index is 13.7. The lowest BCUT2D eigenvalue weighted by atomic mass is 9.76. The fraction of sp³-hybridized carbons (Fsp3) is 0.368. The molecular formula is C19H22FNO3. The van der Waals surface area contributed by atoms with Crippen LogP contribution >= 0.6 is 0 Å². The van der Waals surface area contributed by atoms with E-state index < -0.39 is 11.5 Å². The van der Waals surface area contributed by atoms with Crippen LogP contribution in [0.4, 0.5) is 4.39 Å². The molecule has 1 heterocycles. The smallest absolute Gasteiger partial charge is 0.125 e. The lowest BCUT2D eigenvalue weighted by Crippen LogP contribution is -2.52. The number of nitrogens with one attached hydrogen (secondary N) is 1. The summed E-state index contributed by atoms with van der Waals surface area (Å²) in [6, 6.07) is 13.9. The topological polar surface area (TPSA) is 50.7 Å². The molecule has 5 heteroatoms. The predicted molar refractivity (Wildman–Crippen MR) is 89.7 cm³/mol. The molecule has 2 N–H and O–H groups in total. The standard InChI is InChI=1S/C19H22FNO3/c1-23-18-8-3-2-7-16(18)19(13-21-9-10-24-19)17(12-22)14-5-4-6-15(20)11-14/h2-8,11,17,21-22H,9-10,12-13H2,1H3. The van der Waals surface area contributed by atoms with Gasteiger partial charge >= 0.3 is 0 Å². The molecule has 0 radical (unpaired) electrons. The second-order valence-corrected chi connectivity index (χ2v) is 5.91. The fourth-order valence-electron chi connectivity index (χ4n) is 3.45. The van der Waals surface area contributed by atoms with E-state index in [1.165, 1.54) is 12.1 Å². The molecule has 1 aliphatic rings. The molecule has 0 aliphatic carbocycles. The number of hydrogen-bond acceptors (Lipinski definition) is 4. The van der Waals surface area contributed by atoms with Gasteiger partial charge in [-0.15, -0.1) is 0 Å². The highest BCUT2D eigenvalue weighted by Crippen LogP contribution is 2.44. The lowest BCUT2D eigenvalue weighted by molar-refractivity contribution is -0.100. The van der Waals surface area contributed by atoms with Gasteiger partial charge in [-0.05, 0) is 23.8 Å². The largest absolute Gasteiger partial charge is 0.496 e. The van der Waals surface area contributed by atoms with E-state index in [1.54, 1.807) is 13.2 Å². The molecule has 2 atom stereocenters. The molecule has 0 spiro atoms. The van der Waals surface area contributed by atoms with Crippen molar-refractivity contribution in [2.24, 2.45) is 0 Å². The maximum Gasteiger partial charge on any atom is 0.125 e. The van der Waals surface area contributed by atoms with Crippen molar-refractivity contribution in [1.29, 1.82) is 0 Å². The van der Waals surface area contributed by atoms with Crippen molar-refractivity contribution in [2.75, 3.05) is 33.4 Å². The molecule has 1 aliphatic heterocycles. The lowest BCUT2D eigenvalue weighted by Gasteiger charge is -2.44. The average molecular weight is 331 g/mol. The Bertz CT molecular complexity index is 686. The first-order chi connectivity index (χ1) is 11.7. The van der Waals surface area contributed by atoms with Gasteiger partial charge in [-0.3, -0.25) is 0 Å². The Balaban J connectivity index is 2.14. The molecule has 2 unspecified atom stereocenters. The van der Waals surface area contributed by atoms with Crippen molar-refractivity contribution in [1.82, 2.24) is 5.32 Å². The van der Waals surface area contributed by atoms with Gasteiger partial charge in [-0.2, -0.15) is 0 Å². The van der Waals surface area contributed by atoms with Crippen LogP contribution in [0.1, 0.15) is 17.0 Å². The number of rotatable bonds is 5. The van der Waals surface area contributed by atoms with Crippen molar-refractivity contribution < 1.29 is 19.0 Å². The van der Waals surface area contributed by atoms with Gasteiger partial charge in [0.25, 0.3) is 0 Å². The van der Waals surface area contributed by atoms with E-state index in [0.717, 1.165) is 12.1 Å². The Hall–Kier alpha value is -1.95. The molecule has 0 saturated carbocycles. The van der Waals surface area contributed by atoms with Gasteiger partial charge in [-0.1, -0.05) is 30.3 Å². The monoisotopic (exact) mass is 331 g/mol. The molecule has 3 rings (SSSR count). The third kappa shape index (κ3) is 3.02. The van der Waals surface area contributed by atoms with Gasteiger partial charge < -0.3 is 19.9 Å². The Kier molecular flexibility index (Phi) is 5.14. The second kappa shape index (κ2) is 7.30. The number of ether oxygens (including phenoxy) is 2. The molecule has 0 bridgehead atoms. The van der Waals surface area contributed by atoms with Crippen LogP contribution in [0.2, 0.25) is 0 Å².